The van der Waals surface area contributed by atoms with Crippen LogP contribution in [0.25, 0.3) is 0 Å². The van der Waals surface area contributed by atoms with E-state index in [0.717, 1.165) is 16.8 Å². The van der Waals surface area contributed by atoms with E-state index in [1.807, 2.05) is 48.5 Å². The van der Waals surface area contributed by atoms with Gasteiger partial charge in [0.15, 0.2) is 5.96 Å². The van der Waals surface area contributed by atoms with E-state index >= 15 is 0 Å². The fraction of sp³-hybridized carbons (Fsp3) is 0.105. The Hall–Kier alpha value is -4.41. The molecule has 0 saturated heterocycles. The second kappa shape index (κ2) is 10.2. The van der Waals surface area contributed by atoms with Crippen LogP contribution in [-0.4, -0.2) is 29.3 Å². The van der Waals surface area contributed by atoms with Crippen molar-refractivity contribution in [1.29, 1.82) is 0 Å². The van der Waals surface area contributed by atoms with Gasteiger partial charge in [-0.25, -0.2) is 4.99 Å². The van der Waals surface area contributed by atoms with Gasteiger partial charge in [-0.2, -0.15) is 10.2 Å². The van der Waals surface area contributed by atoms with Crippen LogP contribution in [0.1, 0.15) is 25.0 Å². The summed E-state index contributed by atoms with van der Waals surface area (Å²) in [6.07, 6.45) is 0. The number of rotatable bonds is 6. The molecule has 11 nitrogen and oxygen atoms in total. The van der Waals surface area contributed by atoms with E-state index in [2.05, 4.69) is 30.7 Å². The molecule has 156 valence electrons. The van der Waals surface area contributed by atoms with Gasteiger partial charge < -0.3 is 34.0 Å². The lowest BCUT2D eigenvalue weighted by molar-refractivity contribution is 1.19. The zero-order valence-electron chi connectivity index (χ0n) is 16.7. The van der Waals surface area contributed by atoms with Crippen LogP contribution in [0.2, 0.25) is 0 Å². The molecule has 0 heterocycles. The van der Waals surface area contributed by atoms with Crippen LogP contribution < -0.4 is 34.0 Å². The van der Waals surface area contributed by atoms with Crippen LogP contribution in [0.15, 0.2) is 73.9 Å². The van der Waals surface area contributed by atoms with E-state index in [-0.39, 0.29) is 17.9 Å². The molecule has 0 aliphatic carbocycles. The van der Waals surface area contributed by atoms with Gasteiger partial charge in [-0.1, -0.05) is 24.3 Å². The van der Waals surface area contributed by atoms with Crippen molar-refractivity contribution in [2.24, 2.45) is 54.1 Å². The molecule has 0 aliphatic rings. The minimum atomic E-state index is -0.0985. The number of hydrogen-bond acceptors (Lipinski definition) is 5. The van der Waals surface area contributed by atoms with Gasteiger partial charge in [0, 0.05) is 5.69 Å². The zero-order chi connectivity index (χ0) is 22.1. The molecule has 0 aromatic heterocycles. The number of nitrogens with zero attached hydrogens (tertiary/aromatic N) is 5. The average molecular weight is 407 g/mol. The van der Waals surface area contributed by atoms with E-state index in [9.17, 15) is 0 Å². The molecule has 0 fully saturated rings. The lowest BCUT2D eigenvalue weighted by Gasteiger charge is -2.07. The molecule has 2 aromatic carbocycles. The van der Waals surface area contributed by atoms with Crippen molar-refractivity contribution < 1.29 is 0 Å². The monoisotopic (exact) mass is 407 g/mol. The summed E-state index contributed by atoms with van der Waals surface area (Å²) in [5, 5.41) is 18.2. The largest absolute Gasteiger partial charge is 0.369 e. The van der Waals surface area contributed by atoms with Crippen molar-refractivity contribution in [1.82, 2.24) is 0 Å². The quantitative estimate of drug-likeness (QED) is 0.231. The maximum absolute atomic E-state index is 6.00. The van der Waals surface area contributed by atoms with Crippen LogP contribution in [0.5, 0.6) is 0 Å². The summed E-state index contributed by atoms with van der Waals surface area (Å²) in [5.41, 5.74) is 31.6. The van der Waals surface area contributed by atoms with Crippen molar-refractivity contribution in [3.05, 3.63) is 59.7 Å². The molecule has 2 rings (SSSR count). The smallest absolute Gasteiger partial charge is 0.211 e. The van der Waals surface area contributed by atoms with Crippen LogP contribution in [-0.2, 0) is 0 Å². The fourth-order valence-electron chi connectivity index (χ4n) is 2.27. The van der Waals surface area contributed by atoms with Crippen molar-refractivity contribution in [3.8, 4) is 0 Å². The number of anilines is 1. The van der Waals surface area contributed by atoms with Gasteiger partial charge in [-0.15, -0.1) is 10.2 Å². The van der Waals surface area contributed by atoms with Gasteiger partial charge in [0.1, 0.15) is 0 Å². The SMILES string of the molecule is C/C(=N\N=C(N)N)c1ccc(N=C(N)Nc2ccc(/C(C)=N/N=C(N)N)cc2)cc1. The minimum absolute atomic E-state index is 0.0964. The molecule has 0 atom stereocenters. The molecule has 0 amide bonds. The number of benzene rings is 2. The van der Waals surface area contributed by atoms with Crippen LogP contribution >= 0.6 is 0 Å². The minimum Gasteiger partial charge on any atom is -0.369 e. The Morgan fingerprint density at radius 3 is 1.50 bits per heavy atom. The molecule has 0 spiro atoms. The summed E-state index contributed by atoms with van der Waals surface area (Å²) in [7, 11) is 0. The molecular formula is C19H25N11. The number of hydrogen-bond donors (Lipinski definition) is 6. The third-order valence-electron chi connectivity index (χ3n) is 3.74. The number of nitrogens with one attached hydrogen (secondary N) is 1. The lowest BCUT2D eigenvalue weighted by Crippen LogP contribution is -2.22. The zero-order valence-corrected chi connectivity index (χ0v) is 16.7. The van der Waals surface area contributed by atoms with E-state index < -0.39 is 0 Å². The fourth-order valence-corrected chi connectivity index (χ4v) is 2.27. The Labute approximate surface area is 174 Å². The van der Waals surface area contributed by atoms with Gasteiger partial charge in [-0.3, -0.25) is 0 Å². The van der Waals surface area contributed by atoms with E-state index in [0.29, 0.717) is 17.1 Å². The van der Waals surface area contributed by atoms with E-state index in [4.69, 9.17) is 28.7 Å². The van der Waals surface area contributed by atoms with Gasteiger partial charge >= 0.3 is 0 Å². The predicted molar refractivity (Wildman–Crippen MR) is 124 cm³/mol. The first kappa shape index (κ1) is 21.9. The summed E-state index contributed by atoms with van der Waals surface area (Å²) >= 11 is 0. The summed E-state index contributed by atoms with van der Waals surface area (Å²) in [5.74, 6) is 0.0480. The number of aliphatic imine (C=N–C) groups is 1. The summed E-state index contributed by atoms with van der Waals surface area (Å²) in [6, 6.07) is 14.7. The normalized spacial score (nSPS) is 12.3. The van der Waals surface area contributed by atoms with Gasteiger partial charge in [-0.05, 0) is 49.2 Å². The highest BCUT2D eigenvalue weighted by Crippen LogP contribution is 2.15. The molecule has 0 radical (unpaired) electrons. The number of nitrogens with two attached hydrogens (primary N) is 5. The van der Waals surface area contributed by atoms with E-state index in [1.54, 1.807) is 13.8 Å². The predicted octanol–water partition coefficient (Wildman–Crippen LogP) is 0.740. The second-order valence-electron chi connectivity index (χ2n) is 6.17. The molecule has 0 saturated carbocycles. The molecule has 11 N–H and O–H groups in total. The topological polar surface area (TPSA) is 204 Å². The van der Waals surface area contributed by atoms with Crippen molar-refractivity contribution in [3.63, 3.8) is 0 Å². The third kappa shape index (κ3) is 6.96. The molecule has 0 bridgehead atoms. The van der Waals surface area contributed by atoms with Crippen molar-refractivity contribution >= 4 is 40.7 Å². The lowest BCUT2D eigenvalue weighted by atomic mass is 10.1. The number of guanidine groups is 3. The Bertz CT molecular complexity index is 1010. The molecular weight excluding hydrogens is 382 g/mol. The highest BCUT2D eigenvalue weighted by molar-refractivity contribution is 6.00. The van der Waals surface area contributed by atoms with Crippen molar-refractivity contribution in [2.45, 2.75) is 13.8 Å². The highest BCUT2D eigenvalue weighted by Gasteiger charge is 2.01. The Morgan fingerprint density at radius 1 is 0.633 bits per heavy atom. The third-order valence-corrected chi connectivity index (χ3v) is 3.74. The van der Waals surface area contributed by atoms with Crippen molar-refractivity contribution in [2.75, 3.05) is 5.32 Å². The maximum atomic E-state index is 6.00. The van der Waals surface area contributed by atoms with Crippen LogP contribution in [0.3, 0.4) is 0 Å². The molecule has 0 unspecified atom stereocenters. The molecule has 0 aliphatic heterocycles. The first-order valence-electron chi connectivity index (χ1n) is 8.83. The van der Waals surface area contributed by atoms with Gasteiger partial charge in [0.2, 0.25) is 11.9 Å². The molecule has 2 aromatic rings. The average Bonchev–Trinajstić information content (AvgIpc) is 2.71. The Morgan fingerprint density at radius 2 is 1.07 bits per heavy atom. The molecule has 30 heavy (non-hydrogen) atoms. The van der Waals surface area contributed by atoms with E-state index in [1.165, 1.54) is 0 Å². The Kier molecular flexibility index (Phi) is 7.46. The Balaban J connectivity index is 2.06. The van der Waals surface area contributed by atoms with Gasteiger partial charge in [0.05, 0.1) is 17.1 Å². The second-order valence-corrected chi connectivity index (χ2v) is 6.17. The summed E-state index contributed by atoms with van der Waals surface area (Å²) in [4.78, 5) is 4.34. The van der Waals surface area contributed by atoms with Crippen LogP contribution in [0.4, 0.5) is 11.4 Å². The first-order chi connectivity index (χ1) is 14.2. The standard InChI is InChI=1S/C19H25N11/c1-11(27-29-17(20)21)13-3-7-15(8-4-13)25-19(24)26-16-9-5-14(6-10-16)12(2)28-30-18(22)23/h3-10H,1-2H3,(H4,20,21,29)(H4,22,23,30)(H3,24,25,26)/b27-11+,28-12+. The van der Waals surface area contributed by atoms with Gasteiger partial charge in [0.25, 0.3) is 0 Å². The highest BCUT2D eigenvalue weighted by atomic mass is 15.3. The first-order valence-corrected chi connectivity index (χ1v) is 8.83. The summed E-state index contributed by atoms with van der Waals surface area (Å²) < 4.78 is 0. The maximum Gasteiger partial charge on any atom is 0.211 e. The summed E-state index contributed by atoms with van der Waals surface area (Å²) in [6.45, 7) is 3.60. The van der Waals surface area contributed by atoms with Crippen LogP contribution in [0, 0.1) is 0 Å². The molecule has 11 heteroatoms.